The highest BCUT2D eigenvalue weighted by atomic mass is 32.1. The van der Waals surface area contributed by atoms with Crippen LogP contribution in [0, 0.1) is 0 Å². The molecule has 0 amide bonds. The molecule has 0 radical (unpaired) electrons. The zero-order valence-electron chi connectivity index (χ0n) is 54.0. The van der Waals surface area contributed by atoms with Crippen LogP contribution in [-0.2, 0) is 10.8 Å². The van der Waals surface area contributed by atoms with Gasteiger partial charge in [-0.1, -0.05) is 230 Å². The summed E-state index contributed by atoms with van der Waals surface area (Å²) < 4.78 is 165. The van der Waals surface area contributed by atoms with E-state index in [0.29, 0.717) is 11.4 Å². The van der Waals surface area contributed by atoms with E-state index in [1.54, 1.807) is 22.3 Å². The van der Waals surface area contributed by atoms with Crippen molar-refractivity contribution >= 4 is 48.6 Å². The summed E-state index contributed by atoms with van der Waals surface area (Å²) >= 11 is 1.62. The smallest absolute Gasteiger partial charge is 0.0714 e. The van der Waals surface area contributed by atoms with Crippen molar-refractivity contribution in [2.75, 3.05) is 4.90 Å². The summed E-state index contributed by atoms with van der Waals surface area (Å²) in [5.41, 5.74) is -0.377. The van der Waals surface area contributed by atoms with Gasteiger partial charge in [0.05, 0.1) is 34.1 Å². The van der Waals surface area contributed by atoms with E-state index < -0.39 is 147 Å². The molecule has 1 nitrogen and oxygen atoms in total. The van der Waals surface area contributed by atoms with Gasteiger partial charge in [-0.05, 0) is 120 Å². The fourth-order valence-electron chi connectivity index (χ4n) is 11.1. The molecular weight excluding hydrogens is 863 g/mol. The third kappa shape index (κ3) is 5.84. The Hall–Kier alpha value is -8.56. The summed E-state index contributed by atoms with van der Waals surface area (Å²) in [4.78, 5) is 1.63. The van der Waals surface area contributed by atoms with Crippen molar-refractivity contribution in [2.45, 2.75) is 10.8 Å². The van der Waals surface area contributed by atoms with Gasteiger partial charge in [-0.15, -0.1) is 11.3 Å². The Labute approximate surface area is 436 Å². The topological polar surface area (TPSA) is 3.24 Å². The molecule has 0 unspecified atom stereocenters. The average Bonchev–Trinajstić information content (AvgIpc) is 1.54. The highest BCUT2D eigenvalue weighted by Gasteiger charge is 2.48. The van der Waals surface area contributed by atoms with Gasteiger partial charge in [-0.3, -0.25) is 0 Å². The van der Waals surface area contributed by atoms with Gasteiger partial charge in [0.2, 0.25) is 0 Å². The number of thiophene rings is 1. The van der Waals surface area contributed by atoms with Gasteiger partial charge in [-0.25, -0.2) is 0 Å². The van der Waals surface area contributed by atoms with Crippen molar-refractivity contribution in [1.29, 1.82) is 0 Å². The van der Waals surface area contributed by atoms with Crippen LogP contribution < -0.4 is 4.90 Å². The van der Waals surface area contributed by atoms with Crippen LogP contribution in [0.25, 0.3) is 53.6 Å². The molecule has 14 rings (SSSR count). The molecule has 328 valence electrons. The SMILES string of the molecule is [2H]c1c([2H])c([2H])c(C2(c3c([2H])c([2H])c([2H])c([2H])c3[2H])c3c([2H])c([2H])c([2H])c([2H])c3-c3c([2H])c([2H])c(N(c4cccc(-c5cccc6c5sc5ccccc56)c4)c4ccc5c(c4)C(c4ccccc4)(c4ccccc4)c4ccccc4-5)c([2H])c32)c([2H])c1[2H]. The second-order valence-corrected chi connectivity index (χ2v) is 18.4. The first-order chi connectivity index (χ1) is 41.8. The number of anilines is 3. The van der Waals surface area contributed by atoms with Crippen LogP contribution in [0.3, 0.4) is 0 Å². The normalized spacial score (nSPS) is 17.1. The minimum Gasteiger partial charge on any atom is -0.310 e. The lowest BCUT2D eigenvalue weighted by atomic mass is 9.67. The molecule has 2 aliphatic rings. The Kier molecular flexibility index (Phi) is 6.14. The molecule has 12 aromatic rings. The van der Waals surface area contributed by atoms with E-state index >= 15 is 0 Å². The van der Waals surface area contributed by atoms with E-state index in [1.807, 2.05) is 109 Å². The molecule has 0 aliphatic heterocycles. The standard InChI is InChI=1S/C68H45NS/c1-5-22-47(23-6-1)67(48-24-7-2-8-25-48)61-36-16-13-31-55(61)57-41-39-52(44-63(57)67)69(51-30-19-21-46(43-51)54-34-20-35-60-59-33-15-18-38-65(59)70-66(54)60)53-40-42-58-56-32-14-17-37-62(56)68(64(58)45-53,49-26-9-3-10-27-49)50-28-11-4-12-29-50/h1-45H/i1D,2D,5D,6D,7D,8D,13D,16D,22D,23D,24D,25D,31D,36D,39D,41D,44D. The second-order valence-electron chi connectivity index (χ2n) is 17.4. The summed E-state index contributed by atoms with van der Waals surface area (Å²) in [6.45, 7) is 0. The largest absolute Gasteiger partial charge is 0.310 e. The third-order valence-electron chi connectivity index (χ3n) is 14.0. The first-order valence-corrected chi connectivity index (χ1v) is 23.7. The van der Waals surface area contributed by atoms with Gasteiger partial charge < -0.3 is 4.90 Å². The van der Waals surface area contributed by atoms with Crippen LogP contribution in [0.15, 0.2) is 273 Å². The quantitative estimate of drug-likeness (QED) is 0.147. The molecule has 11 aromatic carbocycles. The van der Waals surface area contributed by atoms with Crippen molar-refractivity contribution < 1.29 is 23.3 Å². The number of hydrogen-bond donors (Lipinski definition) is 0. The van der Waals surface area contributed by atoms with Crippen LogP contribution in [0.5, 0.6) is 0 Å². The highest BCUT2D eigenvalue weighted by molar-refractivity contribution is 7.26. The molecule has 2 heteroatoms. The maximum atomic E-state index is 11.1. The summed E-state index contributed by atoms with van der Waals surface area (Å²) in [5.74, 6) is 0. The van der Waals surface area contributed by atoms with Gasteiger partial charge in [0.1, 0.15) is 0 Å². The number of hydrogen-bond acceptors (Lipinski definition) is 2. The van der Waals surface area contributed by atoms with E-state index in [4.69, 9.17) is 9.60 Å². The maximum absolute atomic E-state index is 11.1. The van der Waals surface area contributed by atoms with Crippen LogP contribution in [0.2, 0.25) is 0 Å². The molecule has 0 saturated heterocycles. The Morgan fingerprint density at radius 1 is 0.343 bits per heavy atom. The van der Waals surface area contributed by atoms with Crippen LogP contribution >= 0.6 is 11.3 Å². The minimum atomic E-state index is -3.00. The van der Waals surface area contributed by atoms with Gasteiger partial charge in [0.15, 0.2) is 0 Å². The van der Waals surface area contributed by atoms with E-state index in [2.05, 4.69) is 54.6 Å². The zero-order chi connectivity index (χ0) is 61.0. The van der Waals surface area contributed by atoms with Gasteiger partial charge >= 0.3 is 0 Å². The summed E-state index contributed by atoms with van der Waals surface area (Å²) in [6.07, 6.45) is 0. The Balaban J connectivity index is 1.17. The molecule has 0 N–H and O–H groups in total. The number of rotatable bonds is 8. The molecule has 70 heavy (non-hydrogen) atoms. The van der Waals surface area contributed by atoms with Gasteiger partial charge in [0.25, 0.3) is 0 Å². The Morgan fingerprint density at radius 3 is 1.70 bits per heavy atom. The van der Waals surface area contributed by atoms with Crippen LogP contribution in [-0.4, -0.2) is 0 Å². The van der Waals surface area contributed by atoms with Gasteiger partial charge in [0, 0.05) is 37.2 Å². The number of benzene rings is 11. The lowest BCUT2D eigenvalue weighted by Gasteiger charge is -2.36. The fraction of sp³-hybridized carbons (Fsp3) is 0.0294. The van der Waals surface area contributed by atoms with Crippen molar-refractivity contribution in [2.24, 2.45) is 0 Å². The molecule has 0 spiro atoms. The first kappa shape index (κ1) is 26.8. The molecule has 0 fully saturated rings. The van der Waals surface area contributed by atoms with E-state index in [1.165, 1.54) is 0 Å². The summed E-state index contributed by atoms with van der Waals surface area (Å²) in [5, 5.41) is 2.09. The predicted molar refractivity (Wildman–Crippen MR) is 294 cm³/mol. The maximum Gasteiger partial charge on any atom is 0.0714 e. The van der Waals surface area contributed by atoms with Crippen LogP contribution in [0.4, 0.5) is 17.1 Å². The Morgan fingerprint density at radius 2 is 0.929 bits per heavy atom. The van der Waals surface area contributed by atoms with E-state index in [9.17, 15) is 13.7 Å². The molecule has 1 aromatic heterocycles. The average molecular weight is 925 g/mol. The summed E-state index contributed by atoms with van der Waals surface area (Å²) in [7, 11) is 0. The molecule has 2 aliphatic carbocycles. The number of fused-ring (bicyclic) bond motifs is 9. The molecule has 1 heterocycles. The first-order valence-electron chi connectivity index (χ1n) is 31.4. The molecular formula is C68H45NS. The molecule has 0 saturated carbocycles. The predicted octanol–water partition coefficient (Wildman–Crippen LogP) is 17.9. The molecule has 0 bridgehead atoms. The number of nitrogens with zero attached hydrogens (tertiary/aromatic N) is 1. The van der Waals surface area contributed by atoms with E-state index in [0.717, 1.165) is 64.7 Å². The minimum absolute atomic E-state index is 0.344. The Bertz CT molecular complexity index is 4820. The fourth-order valence-corrected chi connectivity index (χ4v) is 12.4. The van der Waals surface area contributed by atoms with E-state index in [-0.39, 0.29) is 5.69 Å². The van der Waals surface area contributed by atoms with Crippen molar-refractivity contribution in [3.63, 3.8) is 0 Å². The van der Waals surface area contributed by atoms with Gasteiger partial charge in [-0.2, -0.15) is 0 Å². The highest BCUT2D eigenvalue weighted by Crippen LogP contribution is 2.60. The lowest BCUT2D eigenvalue weighted by molar-refractivity contribution is 0.767. The van der Waals surface area contributed by atoms with Crippen molar-refractivity contribution in [3.05, 3.63) is 317 Å². The third-order valence-corrected chi connectivity index (χ3v) is 15.2. The monoisotopic (exact) mass is 924 g/mol. The van der Waals surface area contributed by atoms with Crippen molar-refractivity contribution in [1.82, 2.24) is 0 Å². The van der Waals surface area contributed by atoms with Crippen molar-refractivity contribution in [3.8, 4) is 33.4 Å². The molecule has 0 atom stereocenters. The summed E-state index contributed by atoms with van der Waals surface area (Å²) in [6, 6.07) is 40.8. The zero-order valence-corrected chi connectivity index (χ0v) is 37.8. The lowest BCUT2D eigenvalue weighted by Crippen LogP contribution is -2.29. The van der Waals surface area contributed by atoms with Crippen LogP contribution in [0.1, 0.15) is 67.8 Å². The second kappa shape index (κ2) is 16.0.